The van der Waals surface area contributed by atoms with Gasteiger partial charge in [-0.1, -0.05) is 24.3 Å². The van der Waals surface area contributed by atoms with E-state index in [2.05, 4.69) is 9.71 Å². The molecule has 1 heterocycles. The maximum absolute atomic E-state index is 12.1. The second-order valence-corrected chi connectivity index (χ2v) is 8.44. The van der Waals surface area contributed by atoms with Crippen molar-refractivity contribution in [2.75, 3.05) is 18.1 Å². The molecule has 0 aliphatic carbocycles. The fraction of sp³-hybridized carbons (Fsp3) is 0.143. The van der Waals surface area contributed by atoms with Gasteiger partial charge in [-0.15, -0.1) is 0 Å². The Hall–Kier alpha value is -3.59. The van der Waals surface area contributed by atoms with Crippen molar-refractivity contribution < 1.29 is 13.2 Å². The highest BCUT2D eigenvalue weighted by molar-refractivity contribution is 7.92. The number of hydrogen-bond donors (Lipinski definition) is 2. The van der Waals surface area contributed by atoms with Crippen molar-refractivity contribution in [2.24, 2.45) is 0 Å². The van der Waals surface area contributed by atoms with Crippen LogP contribution in [0.2, 0.25) is 0 Å². The molecule has 0 atom stereocenters. The topological polar surface area (TPSA) is 110 Å². The predicted octanol–water partition coefficient (Wildman–Crippen LogP) is 2.38. The maximum atomic E-state index is 12.1. The molecule has 2 aromatic carbocycles. The SMILES string of the molecule is COc1c(C)cc(-n2ccc(=O)[nH]c2=O)cc1/C=C/c1ccc(NS(C)(=O)=O)cc1. The van der Waals surface area contributed by atoms with Crippen molar-refractivity contribution in [2.45, 2.75) is 6.92 Å². The number of nitrogens with one attached hydrogen (secondary N) is 2. The minimum Gasteiger partial charge on any atom is -0.496 e. The second-order valence-electron chi connectivity index (χ2n) is 6.69. The molecule has 0 bridgehead atoms. The first-order valence-corrected chi connectivity index (χ1v) is 10.8. The molecule has 30 heavy (non-hydrogen) atoms. The number of anilines is 1. The van der Waals surface area contributed by atoms with E-state index in [1.54, 1.807) is 43.5 Å². The number of H-pyrrole nitrogens is 1. The number of benzene rings is 2. The Bertz CT molecular complexity index is 1320. The van der Waals surface area contributed by atoms with Crippen LogP contribution in [-0.4, -0.2) is 31.3 Å². The van der Waals surface area contributed by atoms with Gasteiger partial charge in [-0.3, -0.25) is 19.1 Å². The van der Waals surface area contributed by atoms with E-state index in [0.717, 1.165) is 22.9 Å². The van der Waals surface area contributed by atoms with Crippen molar-refractivity contribution in [3.63, 3.8) is 0 Å². The Morgan fingerprint density at radius 2 is 1.77 bits per heavy atom. The quantitative estimate of drug-likeness (QED) is 0.587. The molecule has 1 aromatic heterocycles. The number of methoxy groups -OCH3 is 1. The summed E-state index contributed by atoms with van der Waals surface area (Å²) in [7, 11) is -1.76. The Morgan fingerprint density at radius 1 is 1.07 bits per heavy atom. The summed E-state index contributed by atoms with van der Waals surface area (Å²) in [5.41, 5.74) is 2.47. The lowest BCUT2D eigenvalue weighted by Gasteiger charge is -2.13. The molecule has 156 valence electrons. The molecule has 2 N–H and O–H groups in total. The van der Waals surface area contributed by atoms with Gasteiger partial charge < -0.3 is 4.74 Å². The third-order valence-corrected chi connectivity index (χ3v) is 4.87. The lowest BCUT2D eigenvalue weighted by Crippen LogP contribution is -2.27. The Morgan fingerprint density at radius 3 is 2.37 bits per heavy atom. The molecule has 3 aromatic rings. The summed E-state index contributed by atoms with van der Waals surface area (Å²) in [5, 5.41) is 0. The third-order valence-electron chi connectivity index (χ3n) is 4.26. The molecule has 9 heteroatoms. The van der Waals surface area contributed by atoms with Gasteiger partial charge in [0.25, 0.3) is 5.56 Å². The maximum Gasteiger partial charge on any atom is 0.332 e. The lowest BCUT2D eigenvalue weighted by molar-refractivity contribution is 0.410. The van der Waals surface area contributed by atoms with Crippen LogP contribution in [0.4, 0.5) is 5.69 Å². The van der Waals surface area contributed by atoms with E-state index in [0.29, 0.717) is 17.1 Å². The third kappa shape index (κ3) is 5.06. The first-order chi connectivity index (χ1) is 14.2. The molecule has 0 aliphatic rings. The average Bonchev–Trinajstić information content (AvgIpc) is 2.66. The number of rotatable bonds is 6. The van der Waals surface area contributed by atoms with Crippen LogP contribution in [0.1, 0.15) is 16.7 Å². The summed E-state index contributed by atoms with van der Waals surface area (Å²) in [5.74, 6) is 0.655. The zero-order chi connectivity index (χ0) is 21.9. The van der Waals surface area contributed by atoms with Gasteiger partial charge in [-0.2, -0.15) is 0 Å². The summed E-state index contributed by atoms with van der Waals surface area (Å²) in [6.45, 7) is 1.86. The van der Waals surface area contributed by atoms with E-state index in [-0.39, 0.29) is 0 Å². The van der Waals surface area contributed by atoms with Gasteiger partial charge in [0.1, 0.15) is 5.75 Å². The highest BCUT2D eigenvalue weighted by Crippen LogP contribution is 2.28. The van der Waals surface area contributed by atoms with E-state index < -0.39 is 21.3 Å². The normalized spacial score (nSPS) is 11.6. The predicted molar refractivity (Wildman–Crippen MR) is 118 cm³/mol. The first kappa shape index (κ1) is 21.1. The van der Waals surface area contributed by atoms with Crippen LogP contribution < -0.4 is 20.7 Å². The molecule has 0 saturated carbocycles. The number of aromatic amines is 1. The monoisotopic (exact) mass is 427 g/mol. The van der Waals surface area contributed by atoms with Crippen LogP contribution >= 0.6 is 0 Å². The molecule has 0 fully saturated rings. The van der Waals surface area contributed by atoms with Gasteiger partial charge in [-0.05, 0) is 42.3 Å². The molecule has 0 amide bonds. The highest BCUT2D eigenvalue weighted by atomic mass is 32.2. The van der Waals surface area contributed by atoms with Crippen LogP contribution in [0.3, 0.4) is 0 Å². The van der Waals surface area contributed by atoms with Crippen LogP contribution in [0.15, 0.2) is 58.3 Å². The molecule has 0 unspecified atom stereocenters. The van der Waals surface area contributed by atoms with Gasteiger partial charge in [0, 0.05) is 23.5 Å². The number of hydrogen-bond acceptors (Lipinski definition) is 5. The largest absolute Gasteiger partial charge is 0.496 e. The second kappa shape index (κ2) is 8.42. The smallest absolute Gasteiger partial charge is 0.332 e. The van der Waals surface area contributed by atoms with Crippen molar-refractivity contribution in [3.8, 4) is 11.4 Å². The molecule has 0 radical (unpaired) electrons. The molecule has 0 spiro atoms. The van der Waals surface area contributed by atoms with Crippen LogP contribution in [0.25, 0.3) is 17.8 Å². The number of aryl methyl sites for hydroxylation is 1. The zero-order valence-corrected chi connectivity index (χ0v) is 17.5. The number of aromatic nitrogens is 2. The fourth-order valence-corrected chi connectivity index (χ4v) is 3.57. The fourth-order valence-electron chi connectivity index (χ4n) is 3.01. The first-order valence-electron chi connectivity index (χ1n) is 8.93. The Balaban J connectivity index is 1.97. The van der Waals surface area contributed by atoms with Crippen molar-refractivity contribution in [3.05, 3.63) is 86.2 Å². The van der Waals surface area contributed by atoms with Crippen LogP contribution in [0, 0.1) is 6.92 Å². The summed E-state index contributed by atoms with van der Waals surface area (Å²) in [6.07, 6.45) is 6.20. The van der Waals surface area contributed by atoms with Crippen molar-refractivity contribution >= 4 is 27.9 Å². The minimum absolute atomic E-state index is 0.463. The summed E-state index contributed by atoms with van der Waals surface area (Å²) in [6, 6.07) is 11.7. The van der Waals surface area contributed by atoms with Gasteiger partial charge in [0.05, 0.1) is 19.1 Å². The molecule has 0 saturated heterocycles. The number of ether oxygens (including phenoxy) is 1. The van der Waals surface area contributed by atoms with Gasteiger partial charge in [-0.25, -0.2) is 13.2 Å². The van der Waals surface area contributed by atoms with Gasteiger partial charge in [0.2, 0.25) is 10.0 Å². The molecular weight excluding hydrogens is 406 g/mol. The van der Waals surface area contributed by atoms with Crippen molar-refractivity contribution in [1.82, 2.24) is 9.55 Å². The molecule has 0 aliphatic heterocycles. The van der Waals surface area contributed by atoms with Crippen LogP contribution in [-0.2, 0) is 10.0 Å². The van der Waals surface area contributed by atoms with Gasteiger partial charge >= 0.3 is 5.69 Å². The van der Waals surface area contributed by atoms with Gasteiger partial charge in [0.15, 0.2) is 0 Å². The minimum atomic E-state index is -3.33. The standard InChI is InChI=1S/C21H21N3O5S/c1-14-12-18(24-11-10-19(25)22-21(24)26)13-16(20(14)29-2)7-4-15-5-8-17(9-6-15)23-30(3,27)28/h4-13,23H,1-3H3,(H,22,25,26)/b7-4+. The zero-order valence-electron chi connectivity index (χ0n) is 16.7. The highest BCUT2D eigenvalue weighted by Gasteiger charge is 2.09. The number of sulfonamides is 1. The van der Waals surface area contributed by atoms with E-state index in [1.807, 2.05) is 19.1 Å². The number of nitrogens with zero attached hydrogens (tertiary/aromatic N) is 1. The Kier molecular flexibility index (Phi) is 5.93. The van der Waals surface area contributed by atoms with E-state index in [1.165, 1.54) is 16.8 Å². The molecule has 3 rings (SSSR count). The molecular formula is C21H21N3O5S. The summed E-state index contributed by atoms with van der Waals surface area (Å²) in [4.78, 5) is 25.7. The summed E-state index contributed by atoms with van der Waals surface area (Å²) < 4.78 is 31.9. The Labute approximate surface area is 173 Å². The summed E-state index contributed by atoms with van der Waals surface area (Å²) >= 11 is 0. The average molecular weight is 427 g/mol. The van der Waals surface area contributed by atoms with E-state index in [9.17, 15) is 18.0 Å². The van der Waals surface area contributed by atoms with Crippen molar-refractivity contribution in [1.29, 1.82) is 0 Å². The van der Waals surface area contributed by atoms with Crippen LogP contribution in [0.5, 0.6) is 5.75 Å². The molecule has 8 nitrogen and oxygen atoms in total. The van der Waals surface area contributed by atoms with E-state index in [4.69, 9.17) is 4.74 Å². The lowest BCUT2D eigenvalue weighted by atomic mass is 10.1. The van der Waals surface area contributed by atoms with E-state index >= 15 is 0 Å².